The van der Waals surface area contributed by atoms with E-state index < -0.39 is 18.0 Å². The molecule has 4 N–H and O–H groups in total. The summed E-state index contributed by atoms with van der Waals surface area (Å²) in [5, 5.41) is 33.2. The van der Waals surface area contributed by atoms with Crippen LogP contribution in [0.3, 0.4) is 0 Å². The lowest BCUT2D eigenvalue weighted by atomic mass is 10.3. The number of halogens is 3. The zero-order chi connectivity index (χ0) is 17.6. The van der Waals surface area contributed by atoms with Crippen LogP contribution >= 0.6 is 0 Å². The van der Waals surface area contributed by atoms with Gasteiger partial charge in [0.2, 0.25) is 5.69 Å². The van der Waals surface area contributed by atoms with Gasteiger partial charge in [0.15, 0.2) is 5.84 Å². The van der Waals surface area contributed by atoms with E-state index in [0.717, 1.165) is 5.69 Å². The molecule has 0 amide bonds. The van der Waals surface area contributed by atoms with Crippen LogP contribution < -0.4 is 5.32 Å². The molecule has 0 bridgehead atoms. The summed E-state index contributed by atoms with van der Waals surface area (Å²) in [7, 11) is 0. The number of nitrogens with one attached hydrogen (secondary N) is 2. The Hall–Kier alpha value is -3.18. The average Bonchev–Trinajstić information content (AvgIpc) is 2.84. The Morgan fingerprint density at radius 2 is 1.96 bits per heavy atom. The Bertz CT molecular complexity index is 701. The van der Waals surface area contributed by atoms with Gasteiger partial charge < -0.3 is 15.5 Å². The van der Waals surface area contributed by atoms with Gasteiger partial charge in [-0.2, -0.15) is 13.2 Å². The number of aromatic nitrogens is 3. The van der Waals surface area contributed by atoms with Gasteiger partial charge in [-0.1, -0.05) is 6.07 Å². The number of amidine groups is 1. The second kappa shape index (κ2) is 7.20. The highest BCUT2D eigenvalue weighted by Crippen LogP contribution is 2.13. The maximum Gasteiger partial charge on any atom is 0.490 e. The number of carboxylic acids is 1. The predicted octanol–water partition coefficient (Wildman–Crippen LogP) is 1.55. The number of carboxylic acid groups (broad SMARTS) is 1. The number of aliphatic carboxylic acids is 1. The first-order chi connectivity index (χ1) is 10.6. The molecule has 0 aliphatic rings. The maximum absolute atomic E-state index is 10.6. The molecule has 0 saturated heterocycles. The van der Waals surface area contributed by atoms with Crippen molar-refractivity contribution < 1.29 is 32.8 Å². The zero-order valence-electron chi connectivity index (χ0n) is 11.4. The van der Waals surface area contributed by atoms with E-state index >= 15 is 0 Å². The van der Waals surface area contributed by atoms with E-state index in [-0.39, 0.29) is 11.5 Å². The molecule has 2 rings (SSSR count). The molecular formula is C11H10F3N5O4. The molecule has 0 aliphatic heterocycles. The topological polar surface area (TPSA) is 145 Å². The van der Waals surface area contributed by atoms with E-state index in [1.165, 1.54) is 0 Å². The van der Waals surface area contributed by atoms with Crippen LogP contribution in [-0.2, 0) is 4.79 Å². The van der Waals surface area contributed by atoms with Crippen molar-refractivity contribution in [3.63, 3.8) is 0 Å². The van der Waals surface area contributed by atoms with Crippen molar-refractivity contribution in [3.8, 4) is 5.88 Å². The molecule has 124 valence electrons. The van der Waals surface area contributed by atoms with Gasteiger partial charge in [0, 0.05) is 5.69 Å². The lowest BCUT2D eigenvalue weighted by Gasteiger charge is -2.04. The summed E-state index contributed by atoms with van der Waals surface area (Å²) in [4.78, 5) is 13.0. The molecule has 0 unspecified atom stereocenters. The SMILES string of the molecule is Cc1cccc(NC(=N)c2nonc2O)n1.O=C(O)C(F)(F)F. The second-order valence-electron chi connectivity index (χ2n) is 3.90. The van der Waals surface area contributed by atoms with Crippen LogP contribution in [0, 0.1) is 12.3 Å². The molecule has 0 radical (unpaired) electrons. The van der Waals surface area contributed by atoms with Crippen LogP contribution in [0.25, 0.3) is 0 Å². The highest BCUT2D eigenvalue weighted by molar-refractivity contribution is 6.05. The highest BCUT2D eigenvalue weighted by atomic mass is 19.4. The first kappa shape index (κ1) is 17.9. The molecule has 0 spiro atoms. The minimum absolute atomic E-state index is 0.0525. The molecule has 0 aromatic carbocycles. The summed E-state index contributed by atoms with van der Waals surface area (Å²) in [6, 6.07) is 5.34. The van der Waals surface area contributed by atoms with E-state index in [1.807, 2.05) is 13.0 Å². The molecule has 2 heterocycles. The fourth-order valence-corrected chi connectivity index (χ4v) is 1.14. The van der Waals surface area contributed by atoms with Crippen LogP contribution in [0.15, 0.2) is 22.8 Å². The van der Waals surface area contributed by atoms with Gasteiger partial charge in [0.1, 0.15) is 5.82 Å². The fraction of sp³-hybridized carbons (Fsp3) is 0.182. The number of carbonyl (C=O) groups is 1. The second-order valence-corrected chi connectivity index (χ2v) is 3.90. The lowest BCUT2D eigenvalue weighted by Crippen LogP contribution is -2.21. The number of nitrogens with zero attached hydrogens (tertiary/aromatic N) is 3. The molecule has 2 aromatic heterocycles. The van der Waals surface area contributed by atoms with Crippen molar-refractivity contribution in [2.45, 2.75) is 13.1 Å². The number of aryl methyl sites for hydroxylation is 1. The minimum Gasteiger partial charge on any atom is -0.489 e. The zero-order valence-corrected chi connectivity index (χ0v) is 11.4. The van der Waals surface area contributed by atoms with Crippen LogP contribution in [0.1, 0.15) is 11.4 Å². The van der Waals surface area contributed by atoms with Crippen LogP contribution in [0.2, 0.25) is 0 Å². The van der Waals surface area contributed by atoms with Gasteiger partial charge in [-0.3, -0.25) is 5.41 Å². The summed E-state index contributed by atoms with van der Waals surface area (Å²) in [5.74, 6) is -2.82. The highest BCUT2D eigenvalue weighted by Gasteiger charge is 2.38. The van der Waals surface area contributed by atoms with E-state index in [9.17, 15) is 18.3 Å². The molecule has 9 nitrogen and oxygen atoms in total. The van der Waals surface area contributed by atoms with E-state index in [4.69, 9.17) is 15.3 Å². The van der Waals surface area contributed by atoms with Crippen LogP contribution in [0.4, 0.5) is 19.0 Å². The smallest absolute Gasteiger partial charge is 0.489 e. The van der Waals surface area contributed by atoms with Gasteiger partial charge in [-0.15, -0.1) is 0 Å². The first-order valence-corrected chi connectivity index (χ1v) is 5.72. The van der Waals surface area contributed by atoms with Gasteiger partial charge in [-0.05, 0) is 29.4 Å². The number of rotatable bonds is 2. The summed E-state index contributed by atoms with van der Waals surface area (Å²) >= 11 is 0. The molecule has 0 aliphatic carbocycles. The Morgan fingerprint density at radius 1 is 1.35 bits per heavy atom. The predicted molar refractivity (Wildman–Crippen MR) is 69.1 cm³/mol. The fourth-order valence-electron chi connectivity index (χ4n) is 1.14. The Kier molecular flexibility index (Phi) is 5.59. The first-order valence-electron chi connectivity index (χ1n) is 5.72. The number of hydrogen-bond donors (Lipinski definition) is 4. The molecule has 0 saturated carbocycles. The van der Waals surface area contributed by atoms with Crippen molar-refractivity contribution in [1.29, 1.82) is 5.41 Å². The third-order valence-electron chi connectivity index (χ3n) is 2.09. The largest absolute Gasteiger partial charge is 0.490 e. The quantitative estimate of drug-likeness (QED) is 0.478. The van der Waals surface area contributed by atoms with Crippen molar-refractivity contribution >= 4 is 17.6 Å². The Morgan fingerprint density at radius 3 is 2.39 bits per heavy atom. The van der Waals surface area contributed by atoms with Gasteiger partial charge in [0.05, 0.1) is 0 Å². The molecular weight excluding hydrogens is 323 g/mol. The van der Waals surface area contributed by atoms with Gasteiger partial charge in [0.25, 0.3) is 5.88 Å². The number of anilines is 1. The minimum atomic E-state index is -5.08. The number of alkyl halides is 3. The summed E-state index contributed by atoms with van der Waals surface area (Å²) in [6.45, 7) is 1.84. The van der Waals surface area contributed by atoms with Gasteiger partial charge >= 0.3 is 12.1 Å². The summed E-state index contributed by atoms with van der Waals surface area (Å²) < 4.78 is 36.0. The lowest BCUT2D eigenvalue weighted by molar-refractivity contribution is -0.192. The third kappa shape index (κ3) is 5.61. The number of hydrogen-bond acceptors (Lipinski definition) is 7. The molecule has 23 heavy (non-hydrogen) atoms. The van der Waals surface area contributed by atoms with Crippen LogP contribution in [0.5, 0.6) is 5.88 Å². The van der Waals surface area contributed by atoms with E-state index in [1.54, 1.807) is 12.1 Å². The van der Waals surface area contributed by atoms with Crippen molar-refractivity contribution in [1.82, 2.24) is 15.3 Å². The standard InChI is InChI=1S/C9H9N5O2.C2HF3O2/c1-5-3-2-4-6(11-5)12-8(10)7-9(15)14-16-13-7;3-2(4,5)1(6)7/h2-4H,1H3,(H,14,15)(H2,10,11,12);(H,6,7). The Labute approximate surface area is 126 Å². The molecule has 12 heteroatoms. The van der Waals surface area contributed by atoms with Crippen molar-refractivity contribution in [2.24, 2.45) is 0 Å². The van der Waals surface area contributed by atoms with Gasteiger partial charge in [-0.25, -0.2) is 14.4 Å². The number of aromatic hydroxyl groups is 1. The summed E-state index contributed by atoms with van der Waals surface area (Å²) in [5.41, 5.74) is 0.767. The number of pyridine rings is 1. The molecule has 0 atom stereocenters. The van der Waals surface area contributed by atoms with E-state index in [2.05, 4.69) is 25.2 Å². The van der Waals surface area contributed by atoms with E-state index in [0.29, 0.717) is 5.82 Å². The molecule has 0 fully saturated rings. The monoisotopic (exact) mass is 333 g/mol. The normalized spacial score (nSPS) is 10.4. The molecule has 2 aromatic rings. The Balaban J connectivity index is 0.000000322. The van der Waals surface area contributed by atoms with Crippen molar-refractivity contribution in [2.75, 3.05) is 5.32 Å². The third-order valence-corrected chi connectivity index (χ3v) is 2.09. The maximum atomic E-state index is 10.6. The average molecular weight is 333 g/mol. The van der Waals surface area contributed by atoms with Crippen LogP contribution in [-0.4, -0.2) is 43.5 Å². The summed E-state index contributed by atoms with van der Waals surface area (Å²) in [6.07, 6.45) is -5.08. The van der Waals surface area contributed by atoms with Crippen molar-refractivity contribution in [3.05, 3.63) is 29.6 Å².